The highest BCUT2D eigenvalue weighted by Gasteiger charge is 2.17. The zero-order valence-corrected chi connectivity index (χ0v) is 9.09. The second-order valence-corrected chi connectivity index (χ2v) is 4.07. The Morgan fingerprint density at radius 3 is 3.00 bits per heavy atom. The van der Waals surface area contributed by atoms with E-state index in [1.54, 1.807) is 0 Å². The van der Waals surface area contributed by atoms with Crippen LogP contribution in [0.25, 0.3) is 11.4 Å². The van der Waals surface area contributed by atoms with E-state index >= 15 is 0 Å². The zero-order valence-electron chi connectivity index (χ0n) is 9.09. The van der Waals surface area contributed by atoms with Gasteiger partial charge in [0.15, 0.2) is 0 Å². The number of imidazole rings is 1. The Balaban J connectivity index is 1.97. The van der Waals surface area contributed by atoms with Gasteiger partial charge in [-0.1, -0.05) is 5.16 Å². The molecule has 0 fully saturated rings. The van der Waals surface area contributed by atoms with E-state index in [9.17, 15) is 4.79 Å². The molecule has 0 saturated heterocycles. The molecule has 0 amide bonds. The summed E-state index contributed by atoms with van der Waals surface area (Å²) in [6, 6.07) is 1.40. The smallest absolute Gasteiger partial charge is 0.374 e. The molecule has 1 aliphatic heterocycles. The van der Waals surface area contributed by atoms with Crippen molar-refractivity contribution in [2.75, 3.05) is 0 Å². The van der Waals surface area contributed by atoms with Crippen molar-refractivity contribution < 1.29 is 14.4 Å². The zero-order chi connectivity index (χ0) is 11.8. The summed E-state index contributed by atoms with van der Waals surface area (Å²) in [6.45, 7) is 0.964. The number of hydrogen-bond donors (Lipinski definition) is 1. The third kappa shape index (κ3) is 1.71. The number of aromatic carboxylic acids is 1. The van der Waals surface area contributed by atoms with Gasteiger partial charge in [0.25, 0.3) is 0 Å². The maximum Gasteiger partial charge on any atom is 0.374 e. The highest BCUT2D eigenvalue weighted by Crippen LogP contribution is 2.22. The predicted octanol–water partition coefficient (Wildman–Crippen LogP) is 1.57. The second-order valence-electron chi connectivity index (χ2n) is 4.07. The maximum absolute atomic E-state index is 10.7. The minimum Gasteiger partial charge on any atom is -0.475 e. The number of fused-ring (bicyclic) bond motifs is 1. The van der Waals surface area contributed by atoms with Gasteiger partial charge in [-0.25, -0.2) is 9.78 Å². The number of hydrogen-bond acceptors (Lipinski definition) is 4. The molecular weight excluding hydrogens is 222 g/mol. The first-order valence-corrected chi connectivity index (χ1v) is 5.50. The molecule has 0 saturated carbocycles. The minimum absolute atomic E-state index is 0.161. The average molecular weight is 233 g/mol. The summed E-state index contributed by atoms with van der Waals surface area (Å²) in [7, 11) is 0. The van der Waals surface area contributed by atoms with Gasteiger partial charge in [-0.05, 0) is 12.8 Å². The summed E-state index contributed by atoms with van der Waals surface area (Å²) in [5.74, 6) is -0.246. The number of carbonyl (C=O) groups is 1. The van der Waals surface area contributed by atoms with Crippen molar-refractivity contribution in [2.24, 2.45) is 0 Å². The number of aryl methyl sites for hydroxylation is 2. The quantitative estimate of drug-likeness (QED) is 0.851. The first kappa shape index (κ1) is 10.1. The number of carboxylic acid groups (broad SMARTS) is 1. The van der Waals surface area contributed by atoms with E-state index < -0.39 is 5.97 Å². The van der Waals surface area contributed by atoms with Gasteiger partial charge in [0.2, 0.25) is 5.76 Å². The monoisotopic (exact) mass is 233 g/mol. The van der Waals surface area contributed by atoms with Crippen molar-refractivity contribution in [3.63, 3.8) is 0 Å². The van der Waals surface area contributed by atoms with Gasteiger partial charge in [0.1, 0.15) is 17.2 Å². The van der Waals surface area contributed by atoms with Crippen LogP contribution < -0.4 is 0 Å². The molecule has 1 aliphatic rings. The van der Waals surface area contributed by atoms with Crippen LogP contribution in [0.2, 0.25) is 0 Å². The van der Waals surface area contributed by atoms with Crippen LogP contribution in [0.1, 0.15) is 29.2 Å². The van der Waals surface area contributed by atoms with Crippen LogP contribution in [0, 0.1) is 0 Å². The number of nitrogens with zero attached hydrogens (tertiary/aromatic N) is 3. The van der Waals surface area contributed by atoms with Crippen LogP contribution in [0.5, 0.6) is 0 Å². The highest BCUT2D eigenvalue weighted by atomic mass is 16.5. The lowest BCUT2D eigenvalue weighted by molar-refractivity contribution is 0.0652. The number of carboxylic acids is 1. The van der Waals surface area contributed by atoms with E-state index in [0.717, 1.165) is 31.6 Å². The van der Waals surface area contributed by atoms with Gasteiger partial charge in [-0.3, -0.25) is 0 Å². The highest BCUT2D eigenvalue weighted by molar-refractivity contribution is 5.85. The fourth-order valence-corrected chi connectivity index (χ4v) is 2.03. The van der Waals surface area contributed by atoms with Gasteiger partial charge >= 0.3 is 5.97 Å². The molecule has 0 radical (unpaired) electrons. The molecular formula is C11H11N3O3. The average Bonchev–Trinajstić information content (AvgIpc) is 2.95. The molecule has 0 aromatic carbocycles. The Bertz CT molecular complexity index is 547. The van der Waals surface area contributed by atoms with Crippen LogP contribution in [0.4, 0.5) is 0 Å². The molecule has 6 nitrogen and oxygen atoms in total. The summed E-state index contributed by atoms with van der Waals surface area (Å²) >= 11 is 0. The molecule has 3 rings (SSSR count). The first-order chi connectivity index (χ1) is 8.24. The Kier molecular flexibility index (Phi) is 2.21. The van der Waals surface area contributed by atoms with E-state index in [2.05, 4.69) is 14.7 Å². The lowest BCUT2D eigenvalue weighted by Crippen LogP contribution is -2.08. The Labute approximate surface area is 96.9 Å². The van der Waals surface area contributed by atoms with Gasteiger partial charge in [-0.15, -0.1) is 0 Å². The molecule has 0 bridgehead atoms. The summed E-state index contributed by atoms with van der Waals surface area (Å²) in [6.07, 6.45) is 5.17. The van der Waals surface area contributed by atoms with E-state index in [0.29, 0.717) is 11.4 Å². The maximum atomic E-state index is 10.7. The van der Waals surface area contributed by atoms with Gasteiger partial charge in [0.05, 0.1) is 0 Å². The van der Waals surface area contributed by atoms with Crippen LogP contribution >= 0.6 is 0 Å². The van der Waals surface area contributed by atoms with E-state index in [4.69, 9.17) is 9.63 Å². The Hall–Kier alpha value is -2.11. The fraction of sp³-hybridized carbons (Fsp3) is 0.364. The van der Waals surface area contributed by atoms with Crippen LogP contribution in [-0.2, 0) is 13.0 Å². The van der Waals surface area contributed by atoms with Crippen molar-refractivity contribution in [1.82, 2.24) is 14.7 Å². The minimum atomic E-state index is -1.12. The van der Waals surface area contributed by atoms with Gasteiger partial charge < -0.3 is 14.2 Å². The summed E-state index contributed by atoms with van der Waals surface area (Å²) in [4.78, 5) is 15.1. The van der Waals surface area contributed by atoms with Crippen LogP contribution in [0.15, 0.2) is 16.8 Å². The normalized spacial score (nSPS) is 14.6. The van der Waals surface area contributed by atoms with Crippen molar-refractivity contribution in [2.45, 2.75) is 25.8 Å². The molecule has 0 atom stereocenters. The molecule has 1 N–H and O–H groups in total. The molecule has 2 aromatic rings. The molecule has 88 valence electrons. The molecule has 0 unspecified atom stereocenters. The molecule has 0 spiro atoms. The standard InChI is InChI=1S/C11H11N3O3/c15-11(16)9-5-7(13-17-9)8-6-14-4-2-1-3-10(14)12-8/h5-6H,1-4H2,(H,15,16). The van der Waals surface area contributed by atoms with Crippen molar-refractivity contribution in [3.8, 4) is 11.4 Å². The third-order valence-corrected chi connectivity index (χ3v) is 2.89. The largest absolute Gasteiger partial charge is 0.475 e. The third-order valence-electron chi connectivity index (χ3n) is 2.89. The number of aromatic nitrogens is 3. The Morgan fingerprint density at radius 1 is 1.41 bits per heavy atom. The van der Waals surface area contributed by atoms with Gasteiger partial charge in [0, 0.05) is 25.2 Å². The second kappa shape index (κ2) is 3.73. The van der Waals surface area contributed by atoms with Crippen molar-refractivity contribution >= 4 is 5.97 Å². The van der Waals surface area contributed by atoms with E-state index in [-0.39, 0.29) is 5.76 Å². The topological polar surface area (TPSA) is 81.1 Å². The lowest BCUT2D eigenvalue weighted by atomic mass is 10.2. The summed E-state index contributed by atoms with van der Waals surface area (Å²) in [5.41, 5.74) is 1.16. The molecule has 3 heterocycles. The lowest BCUT2D eigenvalue weighted by Gasteiger charge is -2.11. The summed E-state index contributed by atoms with van der Waals surface area (Å²) in [5, 5.41) is 12.5. The van der Waals surface area contributed by atoms with Crippen molar-refractivity contribution in [3.05, 3.63) is 23.8 Å². The fourth-order valence-electron chi connectivity index (χ4n) is 2.03. The first-order valence-electron chi connectivity index (χ1n) is 5.50. The Morgan fingerprint density at radius 2 is 2.29 bits per heavy atom. The van der Waals surface area contributed by atoms with Crippen LogP contribution in [0.3, 0.4) is 0 Å². The van der Waals surface area contributed by atoms with Crippen molar-refractivity contribution in [1.29, 1.82) is 0 Å². The van der Waals surface area contributed by atoms with E-state index in [1.165, 1.54) is 6.07 Å². The SMILES string of the molecule is O=C(O)c1cc(-c2cn3c(n2)CCCC3)no1. The molecule has 6 heteroatoms. The predicted molar refractivity (Wildman–Crippen MR) is 57.6 cm³/mol. The van der Waals surface area contributed by atoms with Crippen LogP contribution in [-0.4, -0.2) is 25.8 Å². The number of rotatable bonds is 2. The molecule has 2 aromatic heterocycles. The molecule has 0 aliphatic carbocycles. The van der Waals surface area contributed by atoms with Gasteiger partial charge in [-0.2, -0.15) is 0 Å². The summed E-state index contributed by atoms with van der Waals surface area (Å²) < 4.78 is 6.80. The van der Waals surface area contributed by atoms with E-state index in [1.807, 2.05) is 6.20 Å². The molecule has 17 heavy (non-hydrogen) atoms.